The fourth-order valence-electron chi connectivity index (χ4n) is 2.47. The summed E-state index contributed by atoms with van der Waals surface area (Å²) in [5.41, 5.74) is 6.88. The predicted molar refractivity (Wildman–Crippen MR) is 92.2 cm³/mol. The van der Waals surface area contributed by atoms with E-state index in [1.807, 2.05) is 24.3 Å². The van der Waals surface area contributed by atoms with Gasteiger partial charge in [0.1, 0.15) is 0 Å². The van der Waals surface area contributed by atoms with Crippen LogP contribution < -0.4 is 11.1 Å². The van der Waals surface area contributed by atoms with Gasteiger partial charge in [0.15, 0.2) is 0 Å². The minimum Gasteiger partial charge on any atom is -0.381 e. The molecule has 1 aromatic rings. The van der Waals surface area contributed by atoms with Crippen LogP contribution in [0.2, 0.25) is 0 Å². The van der Waals surface area contributed by atoms with Crippen LogP contribution in [0.3, 0.4) is 0 Å². The summed E-state index contributed by atoms with van der Waals surface area (Å²) in [4.78, 5) is 13.4. The van der Waals surface area contributed by atoms with Gasteiger partial charge in [0.25, 0.3) is 0 Å². The second-order valence-corrected chi connectivity index (χ2v) is 8.60. The number of amides is 1. The van der Waals surface area contributed by atoms with Gasteiger partial charge in [-0.3, -0.25) is 4.79 Å². The third-order valence-electron chi connectivity index (χ3n) is 3.62. The van der Waals surface area contributed by atoms with E-state index in [9.17, 15) is 4.79 Å². The molecule has 0 radical (unpaired) electrons. The Kier molecular flexibility index (Phi) is 5.89. The summed E-state index contributed by atoms with van der Waals surface area (Å²) in [6, 6.07) is 7.47. The Balaban J connectivity index is 1.91. The minimum absolute atomic E-state index is 0.108. The van der Waals surface area contributed by atoms with Crippen molar-refractivity contribution in [1.82, 2.24) is 0 Å². The van der Waals surface area contributed by atoms with Crippen molar-refractivity contribution in [2.45, 2.75) is 49.3 Å². The molecule has 122 valence electrons. The third kappa shape index (κ3) is 5.30. The Labute approximate surface area is 137 Å². The lowest BCUT2D eigenvalue weighted by molar-refractivity contribution is -0.119. The zero-order valence-electron chi connectivity index (χ0n) is 13.6. The van der Waals surface area contributed by atoms with Crippen molar-refractivity contribution in [3.63, 3.8) is 0 Å². The number of rotatable bonds is 4. The molecule has 1 fully saturated rings. The van der Waals surface area contributed by atoms with Crippen molar-refractivity contribution in [1.29, 1.82) is 0 Å². The van der Waals surface area contributed by atoms with Gasteiger partial charge in [-0.2, -0.15) is 0 Å². The first-order valence-electron chi connectivity index (χ1n) is 7.78. The normalized spacial score (nSPS) is 18.0. The van der Waals surface area contributed by atoms with Crippen LogP contribution in [0, 0.1) is 5.92 Å². The second-order valence-electron chi connectivity index (χ2n) is 6.70. The van der Waals surface area contributed by atoms with Crippen molar-refractivity contribution in [3.8, 4) is 0 Å². The Morgan fingerprint density at radius 1 is 1.27 bits per heavy atom. The van der Waals surface area contributed by atoms with E-state index >= 15 is 0 Å². The highest BCUT2D eigenvalue weighted by Gasteiger charge is 2.26. The van der Waals surface area contributed by atoms with Gasteiger partial charge in [-0.15, -0.1) is 11.8 Å². The maximum absolute atomic E-state index is 12.2. The van der Waals surface area contributed by atoms with E-state index in [0.29, 0.717) is 13.2 Å². The van der Waals surface area contributed by atoms with E-state index in [-0.39, 0.29) is 16.6 Å². The molecule has 2 rings (SSSR count). The zero-order valence-corrected chi connectivity index (χ0v) is 14.4. The van der Waals surface area contributed by atoms with E-state index in [2.05, 4.69) is 26.1 Å². The molecule has 0 saturated carbocycles. The highest BCUT2D eigenvalue weighted by molar-refractivity contribution is 8.00. The van der Waals surface area contributed by atoms with Crippen molar-refractivity contribution in [2.24, 2.45) is 11.7 Å². The smallest absolute Gasteiger partial charge is 0.241 e. The molecule has 0 aliphatic carbocycles. The first-order valence-corrected chi connectivity index (χ1v) is 8.60. The van der Waals surface area contributed by atoms with E-state index in [1.54, 1.807) is 11.8 Å². The highest BCUT2D eigenvalue weighted by Crippen LogP contribution is 2.32. The average molecular weight is 322 g/mol. The Morgan fingerprint density at radius 3 is 2.41 bits per heavy atom. The summed E-state index contributed by atoms with van der Waals surface area (Å²) in [5, 5.41) is 2.92. The standard InChI is InChI=1S/C17H26N2O2S/c1-17(2,3)22-14-6-4-13(5-7-14)19-16(20)15(18)12-8-10-21-11-9-12/h4-7,12,15H,8-11,18H2,1-3H3,(H,19,20). The van der Waals surface area contributed by atoms with Gasteiger partial charge in [0.2, 0.25) is 5.91 Å². The van der Waals surface area contributed by atoms with Crippen molar-refractivity contribution in [3.05, 3.63) is 24.3 Å². The van der Waals surface area contributed by atoms with Crippen LogP contribution >= 0.6 is 11.8 Å². The molecule has 0 bridgehead atoms. The molecule has 0 aromatic heterocycles. The van der Waals surface area contributed by atoms with E-state index in [4.69, 9.17) is 10.5 Å². The monoisotopic (exact) mass is 322 g/mol. The number of carbonyl (C=O) groups is 1. The van der Waals surface area contributed by atoms with Gasteiger partial charge in [0, 0.05) is 28.5 Å². The van der Waals surface area contributed by atoms with Gasteiger partial charge in [-0.25, -0.2) is 0 Å². The Bertz CT molecular complexity index is 490. The van der Waals surface area contributed by atoms with Crippen molar-refractivity contribution >= 4 is 23.4 Å². The van der Waals surface area contributed by atoms with E-state index in [0.717, 1.165) is 18.5 Å². The molecule has 1 aromatic carbocycles. The molecule has 0 spiro atoms. The molecule has 1 aliphatic rings. The number of carbonyl (C=O) groups excluding carboxylic acids is 1. The fourth-order valence-corrected chi connectivity index (χ4v) is 3.45. The minimum atomic E-state index is -0.465. The van der Waals surface area contributed by atoms with Crippen LogP contribution in [0.25, 0.3) is 0 Å². The number of ether oxygens (including phenoxy) is 1. The van der Waals surface area contributed by atoms with Crippen molar-refractivity contribution < 1.29 is 9.53 Å². The average Bonchev–Trinajstić information content (AvgIpc) is 2.48. The number of hydrogen-bond acceptors (Lipinski definition) is 4. The van der Waals surface area contributed by atoms with Crippen LogP contribution in [-0.2, 0) is 9.53 Å². The number of hydrogen-bond donors (Lipinski definition) is 2. The lowest BCUT2D eigenvalue weighted by Gasteiger charge is -2.26. The Hall–Kier alpha value is -1.04. The maximum atomic E-state index is 12.2. The largest absolute Gasteiger partial charge is 0.381 e. The number of nitrogens with two attached hydrogens (primary N) is 1. The molecule has 5 heteroatoms. The molecule has 1 saturated heterocycles. The van der Waals surface area contributed by atoms with Crippen LogP contribution in [0.15, 0.2) is 29.2 Å². The zero-order chi connectivity index (χ0) is 16.2. The molecule has 1 atom stereocenters. The van der Waals surface area contributed by atoms with Gasteiger partial charge in [-0.05, 0) is 43.0 Å². The SMILES string of the molecule is CC(C)(C)Sc1ccc(NC(=O)C(N)C2CCOCC2)cc1. The third-order valence-corrected chi connectivity index (χ3v) is 4.74. The quantitative estimate of drug-likeness (QED) is 0.835. The number of thioether (sulfide) groups is 1. The molecule has 1 aliphatic heterocycles. The summed E-state index contributed by atoms with van der Waals surface area (Å²) in [6.45, 7) is 7.94. The van der Waals surface area contributed by atoms with Crippen LogP contribution in [0.1, 0.15) is 33.6 Å². The number of nitrogens with one attached hydrogen (secondary N) is 1. The molecule has 3 N–H and O–H groups in total. The summed E-state index contributed by atoms with van der Waals surface area (Å²) in [5.74, 6) is 0.104. The van der Waals surface area contributed by atoms with E-state index < -0.39 is 6.04 Å². The topological polar surface area (TPSA) is 64.4 Å². The molecular weight excluding hydrogens is 296 g/mol. The summed E-state index contributed by atoms with van der Waals surface area (Å²) in [6.07, 6.45) is 1.71. The molecule has 1 unspecified atom stereocenters. The molecule has 1 amide bonds. The van der Waals surface area contributed by atoms with Crippen LogP contribution in [-0.4, -0.2) is 29.9 Å². The lowest BCUT2D eigenvalue weighted by atomic mass is 9.92. The van der Waals surface area contributed by atoms with Gasteiger partial charge < -0.3 is 15.8 Å². The van der Waals surface area contributed by atoms with Gasteiger partial charge in [0.05, 0.1) is 6.04 Å². The Morgan fingerprint density at radius 2 is 1.86 bits per heavy atom. The van der Waals surface area contributed by atoms with Gasteiger partial charge >= 0.3 is 0 Å². The number of benzene rings is 1. The van der Waals surface area contributed by atoms with Crippen LogP contribution in [0.4, 0.5) is 5.69 Å². The predicted octanol–water partition coefficient (Wildman–Crippen LogP) is 3.27. The highest BCUT2D eigenvalue weighted by atomic mass is 32.2. The van der Waals surface area contributed by atoms with Crippen LogP contribution in [0.5, 0.6) is 0 Å². The fraction of sp³-hybridized carbons (Fsp3) is 0.588. The lowest BCUT2D eigenvalue weighted by Crippen LogP contribution is -2.43. The number of anilines is 1. The molecule has 1 heterocycles. The molecular formula is C17H26N2O2S. The first-order chi connectivity index (χ1) is 10.3. The first kappa shape index (κ1) is 17.3. The second kappa shape index (κ2) is 7.49. The summed E-state index contributed by atoms with van der Waals surface area (Å²) < 4.78 is 5.49. The summed E-state index contributed by atoms with van der Waals surface area (Å²) in [7, 11) is 0. The maximum Gasteiger partial charge on any atom is 0.241 e. The van der Waals surface area contributed by atoms with Gasteiger partial charge in [-0.1, -0.05) is 20.8 Å². The van der Waals surface area contributed by atoms with E-state index in [1.165, 1.54) is 4.90 Å². The molecule has 22 heavy (non-hydrogen) atoms. The molecule has 4 nitrogen and oxygen atoms in total. The summed E-state index contributed by atoms with van der Waals surface area (Å²) >= 11 is 1.81. The van der Waals surface area contributed by atoms with Crippen molar-refractivity contribution in [2.75, 3.05) is 18.5 Å².